The van der Waals surface area contributed by atoms with Crippen molar-refractivity contribution in [2.75, 3.05) is 0 Å². The summed E-state index contributed by atoms with van der Waals surface area (Å²) in [6.45, 7) is 2.60. The molecule has 2 rings (SSSR count). The van der Waals surface area contributed by atoms with E-state index in [9.17, 15) is 31.4 Å². The third-order valence-electron chi connectivity index (χ3n) is 4.48. The molecule has 0 saturated heterocycles. The van der Waals surface area contributed by atoms with Gasteiger partial charge in [-0.05, 0) is 60.9 Å². The number of aryl methyl sites for hydroxylation is 1. The van der Waals surface area contributed by atoms with Crippen LogP contribution in [-0.4, -0.2) is 11.3 Å². The van der Waals surface area contributed by atoms with Crippen molar-refractivity contribution in [3.63, 3.8) is 0 Å². The molecule has 2 aromatic rings. The van der Waals surface area contributed by atoms with Gasteiger partial charge in [0.1, 0.15) is 6.23 Å². The van der Waals surface area contributed by atoms with E-state index in [1.807, 2.05) is 0 Å². The fraction of sp³-hybridized carbons (Fsp3) is 0.400. The molecule has 0 aliphatic heterocycles. The van der Waals surface area contributed by atoms with E-state index >= 15 is 0 Å². The Labute approximate surface area is 174 Å². The van der Waals surface area contributed by atoms with Crippen molar-refractivity contribution in [1.82, 2.24) is 0 Å². The minimum absolute atomic E-state index is 0.0392. The van der Waals surface area contributed by atoms with Crippen LogP contribution in [0.3, 0.4) is 0 Å². The summed E-state index contributed by atoms with van der Waals surface area (Å²) in [5.74, 6) is 0. The van der Waals surface area contributed by atoms with E-state index in [0.717, 1.165) is 0 Å². The van der Waals surface area contributed by atoms with Gasteiger partial charge in [-0.3, -0.25) is 0 Å². The van der Waals surface area contributed by atoms with Crippen LogP contribution in [0.15, 0.2) is 36.4 Å². The lowest BCUT2D eigenvalue weighted by Crippen LogP contribution is -2.35. The molecular formula is C20H20ClF6NO2. The van der Waals surface area contributed by atoms with E-state index in [4.69, 9.17) is 22.1 Å². The standard InChI is InChI=1S/C20H20ClF6NO2/c1-11-5-15(21)3-4-16(11)18(2,29)9-17(28)30-10-12-6-13(19(22,23)24)8-14(7-12)20(25,26)27/h3-8,17,29H,9-10,28H2,1-2H3. The number of hydrogen-bond donors (Lipinski definition) is 2. The van der Waals surface area contributed by atoms with Crippen LogP contribution in [0.1, 0.15) is 41.2 Å². The summed E-state index contributed by atoms with van der Waals surface area (Å²) in [4.78, 5) is 0. The summed E-state index contributed by atoms with van der Waals surface area (Å²) in [7, 11) is 0. The molecule has 2 aromatic carbocycles. The van der Waals surface area contributed by atoms with Gasteiger partial charge in [-0.25, -0.2) is 0 Å². The molecule has 3 nitrogen and oxygen atoms in total. The topological polar surface area (TPSA) is 55.5 Å². The van der Waals surface area contributed by atoms with Gasteiger partial charge in [0.15, 0.2) is 0 Å². The smallest absolute Gasteiger partial charge is 0.385 e. The third-order valence-corrected chi connectivity index (χ3v) is 4.71. The SMILES string of the molecule is Cc1cc(Cl)ccc1C(C)(O)CC(N)OCc1cc(C(F)(F)F)cc(C(F)(F)F)c1. The second kappa shape index (κ2) is 8.74. The minimum Gasteiger partial charge on any atom is -0.385 e. The number of rotatable bonds is 6. The maximum Gasteiger partial charge on any atom is 0.416 e. The molecule has 10 heteroatoms. The number of nitrogens with two attached hydrogens (primary N) is 1. The first kappa shape index (κ1) is 24.5. The number of hydrogen-bond acceptors (Lipinski definition) is 3. The van der Waals surface area contributed by atoms with Gasteiger partial charge < -0.3 is 15.6 Å². The van der Waals surface area contributed by atoms with Crippen LogP contribution >= 0.6 is 11.6 Å². The molecule has 0 bridgehead atoms. The summed E-state index contributed by atoms with van der Waals surface area (Å²) in [5.41, 5.74) is 2.35. The van der Waals surface area contributed by atoms with Crippen LogP contribution in [0.4, 0.5) is 26.3 Å². The van der Waals surface area contributed by atoms with Crippen LogP contribution in [0, 0.1) is 6.92 Å². The van der Waals surface area contributed by atoms with Crippen molar-refractivity contribution in [2.45, 2.75) is 51.1 Å². The summed E-state index contributed by atoms with van der Waals surface area (Å²) >= 11 is 5.89. The first-order valence-electron chi connectivity index (χ1n) is 8.74. The van der Waals surface area contributed by atoms with Gasteiger partial charge in [0.2, 0.25) is 0 Å². The highest BCUT2D eigenvalue weighted by atomic mass is 35.5. The summed E-state index contributed by atoms with van der Waals surface area (Å²) < 4.78 is 82.9. The van der Waals surface area contributed by atoms with Crippen molar-refractivity contribution in [1.29, 1.82) is 0 Å². The Morgan fingerprint density at radius 3 is 2.00 bits per heavy atom. The second-order valence-electron chi connectivity index (χ2n) is 7.20. The zero-order chi connectivity index (χ0) is 22.9. The average molecular weight is 456 g/mol. The van der Waals surface area contributed by atoms with Crippen LogP contribution in [0.25, 0.3) is 0 Å². The predicted molar refractivity (Wildman–Crippen MR) is 99.6 cm³/mol. The molecule has 30 heavy (non-hydrogen) atoms. The van der Waals surface area contributed by atoms with Gasteiger partial charge >= 0.3 is 12.4 Å². The van der Waals surface area contributed by atoms with Crippen molar-refractivity contribution in [3.05, 3.63) is 69.2 Å². The molecular weight excluding hydrogens is 436 g/mol. The van der Waals surface area contributed by atoms with Crippen LogP contribution in [0.2, 0.25) is 5.02 Å². The first-order valence-corrected chi connectivity index (χ1v) is 9.12. The highest BCUT2D eigenvalue weighted by Gasteiger charge is 2.37. The molecule has 2 unspecified atom stereocenters. The summed E-state index contributed by atoms with van der Waals surface area (Å²) in [6.07, 6.45) is -11.2. The molecule has 3 N–H and O–H groups in total. The normalized spacial score (nSPS) is 15.7. The number of halogens is 7. The molecule has 0 aliphatic rings. The molecule has 0 aliphatic carbocycles. The fourth-order valence-electron chi connectivity index (χ4n) is 3.10. The Bertz CT molecular complexity index is 864. The van der Waals surface area contributed by atoms with E-state index in [-0.39, 0.29) is 18.1 Å². The number of benzene rings is 2. The number of alkyl halides is 6. The van der Waals surface area contributed by atoms with Gasteiger partial charge in [0, 0.05) is 11.4 Å². The fourth-order valence-corrected chi connectivity index (χ4v) is 3.32. The van der Waals surface area contributed by atoms with Crippen molar-refractivity contribution < 1.29 is 36.2 Å². The number of ether oxygens (including phenoxy) is 1. The molecule has 0 aromatic heterocycles. The first-order chi connectivity index (χ1) is 13.6. The van der Waals surface area contributed by atoms with E-state index in [0.29, 0.717) is 28.3 Å². The molecule has 166 valence electrons. The molecule has 0 fully saturated rings. The Morgan fingerprint density at radius 2 is 1.53 bits per heavy atom. The molecule has 0 radical (unpaired) electrons. The Hall–Kier alpha value is -1.81. The van der Waals surface area contributed by atoms with Crippen LogP contribution in [-0.2, 0) is 29.3 Å². The lowest BCUT2D eigenvalue weighted by molar-refractivity contribution is -0.143. The zero-order valence-electron chi connectivity index (χ0n) is 16.0. The summed E-state index contributed by atoms with van der Waals surface area (Å²) in [6, 6.07) is 6.00. The Kier molecular flexibility index (Phi) is 7.13. The van der Waals surface area contributed by atoms with Gasteiger partial charge in [-0.15, -0.1) is 0 Å². The van der Waals surface area contributed by atoms with Gasteiger partial charge in [-0.2, -0.15) is 26.3 Å². The van der Waals surface area contributed by atoms with Crippen molar-refractivity contribution in [2.24, 2.45) is 5.73 Å². The van der Waals surface area contributed by atoms with Crippen molar-refractivity contribution in [3.8, 4) is 0 Å². The van der Waals surface area contributed by atoms with Crippen LogP contribution < -0.4 is 5.73 Å². The van der Waals surface area contributed by atoms with E-state index < -0.39 is 41.9 Å². The molecule has 0 saturated carbocycles. The Balaban J connectivity index is 2.16. The van der Waals surface area contributed by atoms with Gasteiger partial charge in [0.05, 0.1) is 23.3 Å². The minimum atomic E-state index is -4.95. The van der Waals surface area contributed by atoms with Crippen molar-refractivity contribution >= 4 is 11.6 Å². The van der Waals surface area contributed by atoms with Gasteiger partial charge in [0.25, 0.3) is 0 Å². The second-order valence-corrected chi connectivity index (χ2v) is 7.64. The lowest BCUT2D eigenvalue weighted by Gasteiger charge is -2.29. The maximum atomic E-state index is 12.9. The monoisotopic (exact) mass is 455 g/mol. The molecule has 0 spiro atoms. The highest BCUT2D eigenvalue weighted by Crippen LogP contribution is 2.36. The molecule has 2 atom stereocenters. The summed E-state index contributed by atoms with van der Waals surface area (Å²) in [5, 5.41) is 11.2. The lowest BCUT2D eigenvalue weighted by atomic mass is 9.88. The molecule has 0 heterocycles. The zero-order valence-corrected chi connectivity index (χ0v) is 16.8. The van der Waals surface area contributed by atoms with E-state index in [1.165, 1.54) is 6.92 Å². The maximum absolute atomic E-state index is 12.9. The largest absolute Gasteiger partial charge is 0.416 e. The van der Waals surface area contributed by atoms with E-state index in [1.54, 1.807) is 25.1 Å². The third kappa shape index (κ3) is 6.34. The van der Waals surface area contributed by atoms with Gasteiger partial charge in [-0.1, -0.05) is 17.7 Å². The number of aliphatic hydroxyl groups is 1. The van der Waals surface area contributed by atoms with E-state index in [2.05, 4.69) is 0 Å². The predicted octanol–water partition coefficient (Wildman–Crippen LogP) is 5.79. The Morgan fingerprint density at radius 1 is 1.00 bits per heavy atom. The average Bonchev–Trinajstić information content (AvgIpc) is 2.57. The quantitative estimate of drug-likeness (QED) is 0.428. The highest BCUT2D eigenvalue weighted by molar-refractivity contribution is 6.30. The molecule has 0 amide bonds. The van der Waals surface area contributed by atoms with Crippen LogP contribution in [0.5, 0.6) is 0 Å².